The van der Waals surface area contributed by atoms with E-state index in [2.05, 4.69) is 5.10 Å². The third-order valence-electron chi connectivity index (χ3n) is 5.01. The molecule has 0 aliphatic heterocycles. The molecule has 0 aliphatic carbocycles. The molecule has 0 saturated carbocycles. The lowest BCUT2D eigenvalue weighted by molar-refractivity contribution is -0.141. The van der Waals surface area contributed by atoms with Gasteiger partial charge in [-0.2, -0.15) is 18.3 Å². The highest BCUT2D eigenvalue weighted by molar-refractivity contribution is 6.32. The number of alkyl halides is 3. The number of nitrogens with zero attached hydrogens (tertiary/aromatic N) is 2. The van der Waals surface area contributed by atoms with E-state index in [4.69, 9.17) is 16.3 Å². The van der Waals surface area contributed by atoms with Crippen molar-refractivity contribution >= 4 is 17.4 Å². The first-order valence-electron chi connectivity index (χ1n) is 9.92. The van der Waals surface area contributed by atoms with Gasteiger partial charge in [-0.15, -0.1) is 0 Å². The zero-order valence-corrected chi connectivity index (χ0v) is 18.2. The summed E-state index contributed by atoms with van der Waals surface area (Å²) < 4.78 is 60.2. The minimum Gasteiger partial charge on any atom is -0.493 e. The highest BCUT2D eigenvalue weighted by atomic mass is 35.5. The smallest absolute Gasteiger partial charge is 0.435 e. The van der Waals surface area contributed by atoms with Crippen LogP contribution in [0.2, 0.25) is 5.02 Å². The molecule has 0 atom stereocenters. The van der Waals surface area contributed by atoms with Crippen molar-refractivity contribution in [2.75, 3.05) is 7.11 Å². The van der Waals surface area contributed by atoms with Crippen LogP contribution < -0.4 is 4.74 Å². The molecule has 0 N–H and O–H groups in total. The molecule has 0 bridgehead atoms. The first-order valence-corrected chi connectivity index (χ1v) is 10.3. The Balaban J connectivity index is 1.84. The van der Waals surface area contributed by atoms with Gasteiger partial charge in [-0.3, -0.25) is 4.79 Å². The number of benzene rings is 2. The number of carbonyl (C=O) groups is 1. The molecular formula is C23H21ClF4N2O2. The van der Waals surface area contributed by atoms with Crippen LogP contribution >= 0.6 is 11.6 Å². The Bertz CT molecular complexity index is 1130. The molecule has 9 heteroatoms. The number of aromatic nitrogens is 2. The van der Waals surface area contributed by atoms with Crippen molar-refractivity contribution in [1.29, 1.82) is 0 Å². The zero-order chi connectivity index (χ0) is 23.5. The number of ketones is 1. The predicted molar refractivity (Wildman–Crippen MR) is 113 cm³/mol. The molecule has 0 spiro atoms. The summed E-state index contributed by atoms with van der Waals surface area (Å²) in [6.45, 7) is 1.83. The monoisotopic (exact) mass is 468 g/mol. The highest BCUT2D eigenvalue weighted by Crippen LogP contribution is 2.35. The van der Waals surface area contributed by atoms with Crippen molar-refractivity contribution in [3.05, 3.63) is 75.8 Å². The van der Waals surface area contributed by atoms with Crippen LogP contribution in [0.1, 0.15) is 35.9 Å². The molecule has 3 aromatic rings. The lowest BCUT2D eigenvalue weighted by Crippen LogP contribution is -2.10. The van der Waals surface area contributed by atoms with Gasteiger partial charge in [-0.25, -0.2) is 9.07 Å². The van der Waals surface area contributed by atoms with Gasteiger partial charge in [0.2, 0.25) is 0 Å². The first kappa shape index (κ1) is 23.8. The fourth-order valence-electron chi connectivity index (χ4n) is 3.38. The highest BCUT2D eigenvalue weighted by Gasteiger charge is 2.35. The third-order valence-corrected chi connectivity index (χ3v) is 5.31. The Labute approximate surface area is 187 Å². The number of hydrogen-bond acceptors (Lipinski definition) is 3. The van der Waals surface area contributed by atoms with Crippen LogP contribution in [0.4, 0.5) is 17.6 Å². The Morgan fingerprint density at radius 1 is 1.19 bits per heavy atom. The summed E-state index contributed by atoms with van der Waals surface area (Å²) in [5.74, 6) is -0.434. The molecule has 0 amide bonds. The number of aryl methyl sites for hydroxylation is 2. The number of carbonyl (C=O) groups excluding carboxylic acids is 1. The standard InChI is InChI=1S/C23H21ClF4N2O2/c1-3-15-8-7-14(12-19(15)25)11-17(31)10-9-16-13-21(23(26,27)28)29-30(16)20-6-4-5-18(24)22(20)32-2/h4-8,12-13H,3,9-11H2,1-2H3. The molecule has 1 aromatic heterocycles. The van der Waals surface area contributed by atoms with E-state index < -0.39 is 11.9 Å². The maximum Gasteiger partial charge on any atom is 0.435 e. The van der Waals surface area contributed by atoms with E-state index in [0.29, 0.717) is 17.5 Å². The van der Waals surface area contributed by atoms with Crippen LogP contribution in [0, 0.1) is 5.82 Å². The molecule has 4 nitrogen and oxygen atoms in total. The van der Waals surface area contributed by atoms with E-state index >= 15 is 0 Å². The van der Waals surface area contributed by atoms with Gasteiger partial charge in [0, 0.05) is 18.5 Å². The summed E-state index contributed by atoms with van der Waals surface area (Å²) in [4.78, 5) is 12.5. The van der Waals surface area contributed by atoms with Gasteiger partial charge in [0.25, 0.3) is 0 Å². The van der Waals surface area contributed by atoms with E-state index in [0.717, 1.165) is 10.7 Å². The Hall–Kier alpha value is -2.87. The average molecular weight is 469 g/mol. The lowest BCUT2D eigenvalue weighted by atomic mass is 10.0. The van der Waals surface area contributed by atoms with Crippen LogP contribution in [-0.4, -0.2) is 22.7 Å². The van der Waals surface area contributed by atoms with Crippen molar-refractivity contribution in [2.24, 2.45) is 0 Å². The Morgan fingerprint density at radius 3 is 2.56 bits per heavy atom. The summed E-state index contributed by atoms with van der Waals surface area (Å²) >= 11 is 6.11. The molecule has 0 fully saturated rings. The third kappa shape index (κ3) is 5.30. The summed E-state index contributed by atoms with van der Waals surface area (Å²) in [6, 6.07) is 10.2. The normalized spacial score (nSPS) is 11.6. The van der Waals surface area contributed by atoms with Crippen LogP contribution in [0.3, 0.4) is 0 Å². The van der Waals surface area contributed by atoms with E-state index in [-0.39, 0.29) is 53.0 Å². The molecule has 32 heavy (non-hydrogen) atoms. The van der Waals surface area contributed by atoms with Gasteiger partial charge in [0.1, 0.15) is 17.3 Å². The number of Topliss-reactive ketones (excluding diaryl/α,β-unsaturated/α-hetero) is 1. The van der Waals surface area contributed by atoms with Gasteiger partial charge in [-0.05, 0) is 48.2 Å². The van der Waals surface area contributed by atoms with Crippen LogP contribution in [-0.2, 0) is 30.2 Å². The fraction of sp³-hybridized carbons (Fsp3) is 0.304. The largest absolute Gasteiger partial charge is 0.493 e. The second-order valence-corrected chi connectivity index (χ2v) is 7.62. The number of halogens is 5. The number of methoxy groups -OCH3 is 1. The molecule has 0 aliphatic rings. The van der Waals surface area contributed by atoms with Crippen molar-refractivity contribution < 1.29 is 27.1 Å². The topological polar surface area (TPSA) is 44.1 Å². The number of ether oxygens (including phenoxy) is 1. The molecule has 0 unspecified atom stereocenters. The SMILES string of the molecule is CCc1ccc(CC(=O)CCc2cc(C(F)(F)F)nn2-c2cccc(Cl)c2OC)cc1F. The van der Waals surface area contributed by atoms with Crippen molar-refractivity contribution in [1.82, 2.24) is 9.78 Å². The molecule has 170 valence electrons. The van der Waals surface area contributed by atoms with Crippen molar-refractivity contribution in [3.63, 3.8) is 0 Å². The zero-order valence-electron chi connectivity index (χ0n) is 17.5. The second-order valence-electron chi connectivity index (χ2n) is 7.22. The first-order chi connectivity index (χ1) is 15.1. The average Bonchev–Trinajstić information content (AvgIpc) is 3.17. The van der Waals surface area contributed by atoms with Gasteiger partial charge < -0.3 is 4.74 Å². The van der Waals surface area contributed by atoms with Crippen LogP contribution in [0.25, 0.3) is 5.69 Å². The molecule has 1 heterocycles. The quantitative estimate of drug-likeness (QED) is 0.381. The van der Waals surface area contributed by atoms with Gasteiger partial charge in [0.05, 0.1) is 12.1 Å². The maximum atomic E-state index is 14.0. The van der Waals surface area contributed by atoms with Crippen LogP contribution in [0.5, 0.6) is 5.75 Å². The molecule has 3 rings (SSSR count). The van der Waals surface area contributed by atoms with E-state index in [1.807, 2.05) is 6.92 Å². The van der Waals surface area contributed by atoms with Crippen molar-refractivity contribution in [2.45, 2.75) is 38.8 Å². The van der Waals surface area contributed by atoms with E-state index in [1.165, 1.54) is 19.2 Å². The number of hydrogen-bond donors (Lipinski definition) is 0. The summed E-state index contributed by atoms with van der Waals surface area (Å²) in [5, 5.41) is 3.90. The molecular weight excluding hydrogens is 448 g/mol. The maximum absolute atomic E-state index is 14.0. The second kappa shape index (κ2) is 9.73. The fourth-order valence-corrected chi connectivity index (χ4v) is 3.63. The van der Waals surface area contributed by atoms with Gasteiger partial charge >= 0.3 is 6.18 Å². The minimum absolute atomic E-state index is 0.00705. The van der Waals surface area contributed by atoms with Gasteiger partial charge in [-0.1, -0.05) is 36.7 Å². The molecule has 0 radical (unpaired) electrons. The minimum atomic E-state index is -4.66. The Morgan fingerprint density at radius 2 is 1.94 bits per heavy atom. The molecule has 0 saturated heterocycles. The molecule has 2 aromatic carbocycles. The van der Waals surface area contributed by atoms with Gasteiger partial charge in [0.15, 0.2) is 11.4 Å². The van der Waals surface area contributed by atoms with E-state index in [9.17, 15) is 22.4 Å². The number of para-hydroxylation sites is 1. The van der Waals surface area contributed by atoms with E-state index in [1.54, 1.807) is 24.3 Å². The summed E-state index contributed by atoms with van der Waals surface area (Å²) in [7, 11) is 1.35. The summed E-state index contributed by atoms with van der Waals surface area (Å²) in [6.07, 6.45) is -4.16. The summed E-state index contributed by atoms with van der Waals surface area (Å²) in [5.41, 5.74) is 0.402. The lowest BCUT2D eigenvalue weighted by Gasteiger charge is -2.13. The van der Waals surface area contributed by atoms with Crippen molar-refractivity contribution in [3.8, 4) is 11.4 Å². The van der Waals surface area contributed by atoms with Crippen LogP contribution in [0.15, 0.2) is 42.5 Å². The predicted octanol–water partition coefficient (Wildman–Crippen LogP) is 6.00. The Kier molecular flexibility index (Phi) is 7.23. The number of rotatable bonds is 8.